The molecule has 0 rings (SSSR count). The number of allylic oxidation sites excluding steroid dienone is 2. The van der Waals surface area contributed by atoms with E-state index in [2.05, 4.69) is 34.7 Å². The minimum absolute atomic E-state index is 0.900. The van der Waals surface area contributed by atoms with Crippen molar-refractivity contribution in [3.63, 3.8) is 0 Å². The summed E-state index contributed by atoms with van der Waals surface area (Å²) in [4.78, 5) is 0. The zero-order valence-electron chi connectivity index (χ0n) is 8.48. The molecule has 0 fully saturated rings. The normalized spacial score (nSPS) is 15.0. The van der Waals surface area contributed by atoms with E-state index in [1.54, 1.807) is 5.57 Å². The molecule has 64 valence electrons. The molecule has 0 radical (unpaired) electrons. The van der Waals surface area contributed by atoms with Gasteiger partial charge >= 0.3 is 0 Å². The molecule has 0 saturated heterocycles. The first kappa shape index (κ1) is 10.8. The fourth-order valence-electron chi connectivity index (χ4n) is 1.16. The second-order valence-electron chi connectivity index (χ2n) is 3.35. The van der Waals surface area contributed by atoms with Crippen LogP contribution in [0.15, 0.2) is 11.6 Å². The van der Waals surface area contributed by atoms with Crippen LogP contribution >= 0.6 is 0 Å². The van der Waals surface area contributed by atoms with E-state index in [1.807, 2.05) is 0 Å². The molecule has 1 atom stereocenters. The summed E-state index contributed by atoms with van der Waals surface area (Å²) in [6.07, 6.45) is 7.49. The van der Waals surface area contributed by atoms with Gasteiger partial charge in [0.2, 0.25) is 0 Å². The first-order chi connectivity index (χ1) is 5.24. The molecule has 0 aromatic heterocycles. The van der Waals surface area contributed by atoms with Gasteiger partial charge in [0.1, 0.15) is 7.85 Å². The van der Waals surface area contributed by atoms with E-state index in [0.717, 1.165) is 5.92 Å². The summed E-state index contributed by atoms with van der Waals surface area (Å²) >= 11 is 0. The molecule has 0 aliphatic heterocycles. The highest BCUT2D eigenvalue weighted by molar-refractivity contribution is 6.10. The number of hydrogen-bond donors (Lipinski definition) is 0. The highest BCUT2D eigenvalue weighted by Crippen LogP contribution is 2.15. The SMILES string of the molecule is BC/C(=C\C)CCC(C)CC. The topological polar surface area (TPSA) is 0 Å². The Morgan fingerprint density at radius 1 is 1.55 bits per heavy atom. The maximum Gasteiger partial charge on any atom is 0.106 e. The Kier molecular flexibility index (Phi) is 6.40. The second-order valence-corrected chi connectivity index (χ2v) is 3.35. The van der Waals surface area contributed by atoms with Crippen LogP contribution in [0.5, 0.6) is 0 Å². The van der Waals surface area contributed by atoms with E-state index >= 15 is 0 Å². The lowest BCUT2D eigenvalue weighted by Gasteiger charge is -2.08. The Balaban J connectivity index is 3.51. The Morgan fingerprint density at radius 3 is 2.55 bits per heavy atom. The van der Waals surface area contributed by atoms with Crippen LogP contribution in [0.2, 0.25) is 6.32 Å². The fraction of sp³-hybridized carbons (Fsp3) is 0.800. The van der Waals surface area contributed by atoms with E-state index in [-0.39, 0.29) is 0 Å². The van der Waals surface area contributed by atoms with Crippen LogP contribution < -0.4 is 0 Å². The van der Waals surface area contributed by atoms with E-state index in [9.17, 15) is 0 Å². The van der Waals surface area contributed by atoms with Gasteiger partial charge in [0, 0.05) is 0 Å². The predicted octanol–water partition coefficient (Wildman–Crippen LogP) is 2.81. The van der Waals surface area contributed by atoms with Crippen molar-refractivity contribution in [3.05, 3.63) is 11.6 Å². The molecule has 0 bridgehead atoms. The monoisotopic (exact) mass is 152 g/mol. The van der Waals surface area contributed by atoms with Crippen molar-refractivity contribution in [2.24, 2.45) is 5.92 Å². The minimum atomic E-state index is 0.900. The van der Waals surface area contributed by atoms with Gasteiger partial charge in [-0.2, -0.15) is 0 Å². The lowest BCUT2D eigenvalue weighted by atomic mass is 9.90. The molecular weight excluding hydrogens is 131 g/mol. The Bertz CT molecular complexity index is 116. The van der Waals surface area contributed by atoms with Crippen molar-refractivity contribution in [3.8, 4) is 0 Å². The zero-order chi connectivity index (χ0) is 8.69. The Hall–Kier alpha value is -0.195. The van der Waals surface area contributed by atoms with Gasteiger partial charge in [-0.3, -0.25) is 0 Å². The average molecular weight is 152 g/mol. The summed E-state index contributed by atoms with van der Waals surface area (Å²) in [5, 5.41) is 0. The van der Waals surface area contributed by atoms with E-state index < -0.39 is 0 Å². The molecule has 1 unspecified atom stereocenters. The number of rotatable bonds is 5. The van der Waals surface area contributed by atoms with Crippen molar-refractivity contribution in [1.29, 1.82) is 0 Å². The van der Waals surface area contributed by atoms with Crippen LogP contribution in [0.3, 0.4) is 0 Å². The molecule has 0 aromatic carbocycles. The van der Waals surface area contributed by atoms with Crippen molar-refractivity contribution in [2.75, 3.05) is 0 Å². The predicted molar refractivity (Wildman–Crippen MR) is 55.8 cm³/mol. The lowest BCUT2D eigenvalue weighted by Crippen LogP contribution is -1.93. The molecule has 1 heteroatoms. The summed E-state index contributed by atoms with van der Waals surface area (Å²) in [6.45, 7) is 6.75. The molecule has 0 heterocycles. The van der Waals surface area contributed by atoms with Crippen LogP contribution in [-0.2, 0) is 0 Å². The summed E-state index contributed by atoms with van der Waals surface area (Å²) in [5.41, 5.74) is 1.62. The highest BCUT2D eigenvalue weighted by atomic mass is 14.0. The molecule has 0 spiro atoms. The van der Waals surface area contributed by atoms with Gasteiger partial charge in [-0.05, 0) is 25.7 Å². The van der Waals surface area contributed by atoms with Gasteiger partial charge in [0.05, 0.1) is 0 Å². The van der Waals surface area contributed by atoms with Crippen LogP contribution in [0.4, 0.5) is 0 Å². The Labute approximate surface area is 72.5 Å². The van der Waals surface area contributed by atoms with Gasteiger partial charge in [0.15, 0.2) is 0 Å². The van der Waals surface area contributed by atoms with Crippen molar-refractivity contribution < 1.29 is 0 Å². The summed E-state index contributed by atoms with van der Waals surface area (Å²) in [6, 6.07) is 0. The largest absolute Gasteiger partial charge is 0.106 e. The van der Waals surface area contributed by atoms with Gasteiger partial charge in [-0.25, -0.2) is 0 Å². The first-order valence-electron chi connectivity index (χ1n) is 4.88. The summed E-state index contributed by atoms with van der Waals surface area (Å²) in [7, 11) is 2.24. The standard InChI is InChI=1S/C10H21B/c1-4-9(3)6-7-10(5-2)8-11/h5,9H,4,6-8,11H2,1-3H3/b10-5-. The maximum absolute atomic E-state index is 2.34. The van der Waals surface area contributed by atoms with Crippen LogP contribution in [-0.4, -0.2) is 7.85 Å². The molecule has 0 amide bonds. The quantitative estimate of drug-likeness (QED) is 0.419. The summed E-state index contributed by atoms with van der Waals surface area (Å²) in [5.74, 6) is 0.900. The second kappa shape index (κ2) is 6.51. The maximum atomic E-state index is 2.34. The smallest absolute Gasteiger partial charge is 0.0892 e. The molecule has 0 aliphatic carbocycles. The van der Waals surface area contributed by atoms with E-state index in [0.29, 0.717) is 0 Å². The molecule has 0 saturated carbocycles. The molecule has 0 nitrogen and oxygen atoms in total. The van der Waals surface area contributed by atoms with Gasteiger partial charge < -0.3 is 0 Å². The van der Waals surface area contributed by atoms with Crippen LogP contribution in [0.25, 0.3) is 0 Å². The number of hydrogen-bond acceptors (Lipinski definition) is 0. The van der Waals surface area contributed by atoms with Crippen LogP contribution in [0.1, 0.15) is 40.0 Å². The van der Waals surface area contributed by atoms with Crippen molar-refractivity contribution in [1.82, 2.24) is 0 Å². The van der Waals surface area contributed by atoms with E-state index in [1.165, 1.54) is 25.6 Å². The fourth-order valence-corrected chi connectivity index (χ4v) is 1.16. The third-order valence-corrected chi connectivity index (χ3v) is 2.52. The van der Waals surface area contributed by atoms with E-state index in [4.69, 9.17) is 0 Å². The third kappa shape index (κ3) is 5.12. The minimum Gasteiger partial charge on any atom is -0.0892 e. The van der Waals surface area contributed by atoms with Crippen molar-refractivity contribution in [2.45, 2.75) is 46.4 Å². The zero-order valence-corrected chi connectivity index (χ0v) is 8.48. The first-order valence-corrected chi connectivity index (χ1v) is 4.88. The third-order valence-electron chi connectivity index (χ3n) is 2.52. The molecule has 0 aromatic rings. The van der Waals surface area contributed by atoms with Crippen LogP contribution in [0, 0.1) is 5.92 Å². The molecular formula is C10H21B. The average Bonchev–Trinajstić information content (AvgIpc) is 2.06. The van der Waals surface area contributed by atoms with Gasteiger partial charge in [0.25, 0.3) is 0 Å². The van der Waals surface area contributed by atoms with Crippen molar-refractivity contribution >= 4 is 7.85 Å². The molecule has 11 heavy (non-hydrogen) atoms. The summed E-state index contributed by atoms with van der Waals surface area (Å²) < 4.78 is 0. The highest BCUT2D eigenvalue weighted by Gasteiger charge is 1.99. The van der Waals surface area contributed by atoms with Gasteiger partial charge in [-0.1, -0.05) is 38.2 Å². The van der Waals surface area contributed by atoms with Gasteiger partial charge in [-0.15, -0.1) is 0 Å². The molecule has 0 aliphatic rings. The Morgan fingerprint density at radius 2 is 2.18 bits per heavy atom. The molecule has 0 N–H and O–H groups in total. The lowest BCUT2D eigenvalue weighted by molar-refractivity contribution is 0.515.